The Kier molecular flexibility index (Phi) is 8.68. The molecule has 0 fully saturated rings. The molecule has 10 rings (SSSR count). The fourth-order valence-electron chi connectivity index (χ4n) is 9.18. The Balaban J connectivity index is 1.07. The van der Waals surface area contributed by atoms with E-state index in [1.807, 2.05) is 6.07 Å². The minimum absolute atomic E-state index is 0.0159. The summed E-state index contributed by atoms with van der Waals surface area (Å²) in [6.45, 7) is 4.68. The molecule has 2 unspecified atom stereocenters. The summed E-state index contributed by atoms with van der Waals surface area (Å²) >= 11 is 0. The third kappa shape index (κ3) is 6.12. The minimum atomic E-state index is 0.0159. The number of allylic oxidation sites excluding steroid dienone is 2. The molecule has 0 saturated heterocycles. The van der Waals surface area contributed by atoms with Gasteiger partial charge in [-0.1, -0.05) is 164 Å². The molecule has 270 valence electrons. The van der Waals surface area contributed by atoms with E-state index in [4.69, 9.17) is 9.41 Å². The summed E-state index contributed by atoms with van der Waals surface area (Å²) in [5.74, 6) is 0.359. The van der Waals surface area contributed by atoms with Gasteiger partial charge in [0.25, 0.3) is 0 Å². The van der Waals surface area contributed by atoms with Gasteiger partial charge in [0.2, 0.25) is 0 Å². The van der Waals surface area contributed by atoms with Crippen LogP contribution in [0.1, 0.15) is 55.8 Å². The van der Waals surface area contributed by atoms with Crippen LogP contribution in [0.2, 0.25) is 0 Å². The lowest BCUT2D eigenvalue weighted by atomic mass is 9.78. The Morgan fingerprint density at radius 1 is 0.536 bits per heavy atom. The zero-order chi connectivity index (χ0) is 37.6. The summed E-state index contributed by atoms with van der Waals surface area (Å²) in [5, 5.41) is 7.48. The second kappa shape index (κ2) is 14.3. The van der Waals surface area contributed by atoms with Gasteiger partial charge in [-0.2, -0.15) is 0 Å². The van der Waals surface area contributed by atoms with E-state index in [2.05, 4.69) is 184 Å². The molecule has 0 saturated carbocycles. The van der Waals surface area contributed by atoms with Gasteiger partial charge in [0, 0.05) is 22.9 Å². The van der Waals surface area contributed by atoms with Gasteiger partial charge in [-0.25, -0.2) is 0 Å². The zero-order valence-electron chi connectivity index (χ0n) is 31.9. The Morgan fingerprint density at radius 2 is 1.20 bits per heavy atom. The Morgan fingerprint density at radius 3 is 1.98 bits per heavy atom. The molecule has 2 heterocycles. The highest BCUT2D eigenvalue weighted by Crippen LogP contribution is 2.44. The van der Waals surface area contributed by atoms with Crippen molar-refractivity contribution in [3.63, 3.8) is 0 Å². The Labute approximate surface area is 328 Å². The van der Waals surface area contributed by atoms with Crippen LogP contribution in [0, 0.1) is 5.92 Å². The molecule has 0 N–H and O–H groups in total. The van der Waals surface area contributed by atoms with Crippen molar-refractivity contribution in [2.75, 3.05) is 0 Å². The smallest absolute Gasteiger partial charge is 0.136 e. The molecular weight excluding hydrogens is 679 g/mol. The molecular formula is C54H43NO. The number of furan rings is 1. The third-order valence-corrected chi connectivity index (χ3v) is 12.0. The molecule has 56 heavy (non-hydrogen) atoms. The lowest BCUT2D eigenvalue weighted by Gasteiger charge is -2.29. The molecule has 8 aromatic carbocycles. The van der Waals surface area contributed by atoms with Crippen molar-refractivity contribution >= 4 is 54.8 Å². The lowest BCUT2D eigenvalue weighted by molar-refractivity contribution is 0.512. The SMILES string of the molecule is CCC1CC(c2ccc(-c3cc(-c4ccccc4)cc4oc5ccccc5c34)cc2)/N=C(/c2ccccc2)C/C(C)=C\1c1ccc2c(ccc3ccccc32)c1. The van der Waals surface area contributed by atoms with Crippen molar-refractivity contribution < 1.29 is 4.42 Å². The van der Waals surface area contributed by atoms with Crippen LogP contribution in [-0.2, 0) is 0 Å². The summed E-state index contributed by atoms with van der Waals surface area (Å²) < 4.78 is 6.47. The van der Waals surface area contributed by atoms with Crippen molar-refractivity contribution in [2.45, 2.75) is 39.2 Å². The van der Waals surface area contributed by atoms with E-state index in [1.54, 1.807) is 0 Å². The highest BCUT2D eigenvalue weighted by atomic mass is 16.3. The van der Waals surface area contributed by atoms with E-state index >= 15 is 0 Å². The highest BCUT2D eigenvalue weighted by molar-refractivity contribution is 6.14. The molecule has 1 aromatic heterocycles. The maximum absolute atomic E-state index is 6.47. The average Bonchev–Trinajstić information content (AvgIpc) is 3.64. The first-order chi connectivity index (χ1) is 27.6. The quantitative estimate of drug-likeness (QED) is 0.157. The Bertz CT molecular complexity index is 2950. The van der Waals surface area contributed by atoms with Gasteiger partial charge in [0.05, 0.1) is 6.04 Å². The van der Waals surface area contributed by atoms with Crippen LogP contribution >= 0.6 is 0 Å². The summed E-state index contributed by atoms with van der Waals surface area (Å²) in [6.07, 6.45) is 2.80. The van der Waals surface area contributed by atoms with Gasteiger partial charge in [-0.3, -0.25) is 4.99 Å². The number of para-hydroxylation sites is 1. The van der Waals surface area contributed by atoms with Crippen LogP contribution in [-0.4, -0.2) is 5.71 Å². The summed E-state index contributed by atoms with van der Waals surface area (Å²) in [4.78, 5) is 5.64. The van der Waals surface area contributed by atoms with Gasteiger partial charge in [-0.15, -0.1) is 0 Å². The molecule has 9 aromatic rings. The van der Waals surface area contributed by atoms with Gasteiger partial charge in [0.1, 0.15) is 11.2 Å². The maximum atomic E-state index is 6.47. The third-order valence-electron chi connectivity index (χ3n) is 12.0. The Hall–Kier alpha value is -6.51. The van der Waals surface area contributed by atoms with Gasteiger partial charge < -0.3 is 4.42 Å². The number of nitrogens with zero attached hydrogens (tertiary/aromatic N) is 1. The first-order valence-corrected chi connectivity index (χ1v) is 20.0. The number of hydrogen-bond donors (Lipinski definition) is 0. The van der Waals surface area contributed by atoms with Crippen LogP contribution in [0.25, 0.3) is 71.3 Å². The largest absolute Gasteiger partial charge is 0.456 e. The zero-order valence-corrected chi connectivity index (χ0v) is 31.9. The van der Waals surface area contributed by atoms with E-state index in [1.165, 1.54) is 66.1 Å². The fraction of sp³-hybridized carbons (Fsp3) is 0.130. The van der Waals surface area contributed by atoms with Crippen LogP contribution in [0.15, 0.2) is 191 Å². The van der Waals surface area contributed by atoms with Crippen molar-refractivity contribution in [1.82, 2.24) is 0 Å². The standard InChI is InChI=1S/C54H43NO/c1-3-36-33-50(41-25-22-39(23-26-41)48-32-44(37-14-6-4-7-15-37)34-52-54(48)47-20-12-13-21-51(47)56-52)55-49(40-17-8-5-9-18-40)30-35(2)53(36)43-28-29-46-42(31-43)27-24-38-16-10-11-19-45(38)46/h4-29,31-32,34,36,50H,3,30,33H2,1-2H3/b53-35+,55-49+. The summed E-state index contributed by atoms with van der Waals surface area (Å²) in [7, 11) is 0. The normalized spacial score (nSPS) is 18.6. The van der Waals surface area contributed by atoms with E-state index in [0.29, 0.717) is 5.92 Å². The van der Waals surface area contributed by atoms with E-state index in [9.17, 15) is 0 Å². The van der Waals surface area contributed by atoms with Crippen molar-refractivity contribution in [3.05, 3.63) is 198 Å². The molecule has 0 spiro atoms. The maximum Gasteiger partial charge on any atom is 0.136 e. The molecule has 0 radical (unpaired) electrons. The number of aliphatic imine (C=N–C) groups is 1. The van der Waals surface area contributed by atoms with Crippen molar-refractivity contribution in [3.8, 4) is 22.3 Å². The van der Waals surface area contributed by atoms with Gasteiger partial charge >= 0.3 is 0 Å². The number of hydrogen-bond acceptors (Lipinski definition) is 2. The highest BCUT2D eigenvalue weighted by Gasteiger charge is 2.27. The predicted molar refractivity (Wildman–Crippen MR) is 237 cm³/mol. The first kappa shape index (κ1) is 34.0. The minimum Gasteiger partial charge on any atom is -0.456 e. The molecule has 1 aliphatic heterocycles. The van der Waals surface area contributed by atoms with E-state index in [0.717, 1.165) is 52.5 Å². The van der Waals surface area contributed by atoms with Crippen LogP contribution in [0.4, 0.5) is 0 Å². The van der Waals surface area contributed by atoms with Crippen LogP contribution in [0.5, 0.6) is 0 Å². The molecule has 2 heteroatoms. The summed E-state index contributed by atoms with van der Waals surface area (Å²) in [6, 6.07) is 63.9. The van der Waals surface area contributed by atoms with Gasteiger partial charge in [0.15, 0.2) is 0 Å². The molecule has 0 amide bonds. The predicted octanol–water partition coefficient (Wildman–Crippen LogP) is 15.1. The number of fused-ring (bicyclic) bond motifs is 6. The van der Waals surface area contributed by atoms with Crippen LogP contribution in [0.3, 0.4) is 0 Å². The van der Waals surface area contributed by atoms with Crippen molar-refractivity contribution in [2.24, 2.45) is 10.9 Å². The lowest BCUT2D eigenvalue weighted by Crippen LogP contribution is -2.16. The fourth-order valence-corrected chi connectivity index (χ4v) is 9.18. The molecule has 0 aliphatic carbocycles. The molecule has 0 bridgehead atoms. The molecule has 1 aliphatic rings. The van der Waals surface area contributed by atoms with Crippen LogP contribution < -0.4 is 0 Å². The average molecular weight is 722 g/mol. The molecule has 2 atom stereocenters. The monoisotopic (exact) mass is 721 g/mol. The second-order valence-electron chi connectivity index (χ2n) is 15.4. The summed E-state index contributed by atoms with van der Waals surface area (Å²) in [5.41, 5.74) is 14.3. The number of rotatable bonds is 6. The van der Waals surface area contributed by atoms with E-state index < -0.39 is 0 Å². The van der Waals surface area contributed by atoms with Gasteiger partial charge in [-0.05, 0) is 116 Å². The first-order valence-electron chi connectivity index (χ1n) is 20.0. The van der Waals surface area contributed by atoms with Crippen molar-refractivity contribution in [1.29, 1.82) is 0 Å². The topological polar surface area (TPSA) is 25.5 Å². The molecule has 2 nitrogen and oxygen atoms in total. The number of benzene rings is 8. The van der Waals surface area contributed by atoms with E-state index in [-0.39, 0.29) is 6.04 Å². The second-order valence-corrected chi connectivity index (χ2v) is 15.4.